The minimum absolute atomic E-state index is 0.367. The molecule has 0 amide bonds. The summed E-state index contributed by atoms with van der Waals surface area (Å²) in [7, 11) is 0. The molecule has 3 unspecified atom stereocenters. The van der Waals surface area contributed by atoms with Gasteiger partial charge in [0.2, 0.25) is 0 Å². The average molecular weight is 273 g/mol. The number of rotatable bonds is 4. The first-order valence-electron chi connectivity index (χ1n) is 8.27. The van der Waals surface area contributed by atoms with Crippen LogP contribution < -0.4 is 0 Å². The third-order valence-corrected chi connectivity index (χ3v) is 5.41. The Labute approximate surface area is 122 Å². The SMILES string of the molecule is CC(CCc1ccc(O)cc1)N1CCC2CCCCC21. The number of benzene rings is 1. The molecule has 0 spiro atoms. The van der Waals surface area contributed by atoms with Gasteiger partial charge in [0.25, 0.3) is 0 Å². The van der Waals surface area contributed by atoms with E-state index in [1.54, 1.807) is 12.1 Å². The van der Waals surface area contributed by atoms with Crippen LogP contribution in [0.1, 0.15) is 51.0 Å². The molecule has 20 heavy (non-hydrogen) atoms. The van der Waals surface area contributed by atoms with Crippen LogP contribution in [0.2, 0.25) is 0 Å². The smallest absolute Gasteiger partial charge is 0.115 e. The molecule has 0 bridgehead atoms. The second kappa shape index (κ2) is 6.17. The predicted octanol–water partition coefficient (Wildman–Crippen LogP) is 3.98. The van der Waals surface area contributed by atoms with Gasteiger partial charge >= 0.3 is 0 Å². The van der Waals surface area contributed by atoms with Gasteiger partial charge in [-0.15, -0.1) is 0 Å². The highest BCUT2D eigenvalue weighted by Crippen LogP contribution is 2.37. The summed E-state index contributed by atoms with van der Waals surface area (Å²) in [5.41, 5.74) is 1.34. The highest BCUT2D eigenvalue weighted by atomic mass is 16.3. The van der Waals surface area contributed by atoms with E-state index in [9.17, 15) is 5.11 Å². The highest BCUT2D eigenvalue weighted by Gasteiger charge is 2.37. The van der Waals surface area contributed by atoms with Crippen LogP contribution in [0.5, 0.6) is 5.75 Å². The van der Waals surface area contributed by atoms with Crippen molar-refractivity contribution in [3.05, 3.63) is 29.8 Å². The van der Waals surface area contributed by atoms with Crippen LogP contribution >= 0.6 is 0 Å². The Bertz CT molecular complexity index is 428. The van der Waals surface area contributed by atoms with E-state index >= 15 is 0 Å². The van der Waals surface area contributed by atoms with Gasteiger partial charge in [-0.25, -0.2) is 0 Å². The molecule has 110 valence electrons. The average Bonchev–Trinajstić information content (AvgIpc) is 2.90. The number of phenolic OH excluding ortho intramolecular Hbond substituents is 1. The number of hydrogen-bond acceptors (Lipinski definition) is 2. The quantitative estimate of drug-likeness (QED) is 0.897. The third-order valence-electron chi connectivity index (χ3n) is 5.41. The maximum absolute atomic E-state index is 9.33. The Morgan fingerprint density at radius 2 is 1.90 bits per heavy atom. The van der Waals surface area contributed by atoms with Gasteiger partial charge in [0.1, 0.15) is 5.75 Å². The molecule has 2 aliphatic rings. The molecule has 0 radical (unpaired) electrons. The Morgan fingerprint density at radius 3 is 2.70 bits per heavy atom. The maximum Gasteiger partial charge on any atom is 0.115 e. The highest BCUT2D eigenvalue weighted by molar-refractivity contribution is 5.25. The number of nitrogens with zero attached hydrogens (tertiary/aromatic N) is 1. The first kappa shape index (κ1) is 13.9. The van der Waals surface area contributed by atoms with E-state index in [-0.39, 0.29) is 0 Å². The summed E-state index contributed by atoms with van der Waals surface area (Å²) in [6.07, 6.45) is 9.55. The molecule has 1 N–H and O–H groups in total. The van der Waals surface area contributed by atoms with E-state index in [2.05, 4.69) is 24.0 Å². The number of fused-ring (bicyclic) bond motifs is 1. The number of phenols is 1. The lowest BCUT2D eigenvalue weighted by molar-refractivity contribution is 0.135. The molecule has 1 saturated carbocycles. The summed E-state index contributed by atoms with van der Waals surface area (Å²) in [5.74, 6) is 1.35. The van der Waals surface area contributed by atoms with Crippen molar-refractivity contribution >= 4 is 0 Å². The molecule has 1 aliphatic carbocycles. The summed E-state index contributed by atoms with van der Waals surface area (Å²) in [6.45, 7) is 3.71. The van der Waals surface area contributed by atoms with Crippen molar-refractivity contribution in [2.45, 2.75) is 64.0 Å². The third kappa shape index (κ3) is 3.01. The summed E-state index contributed by atoms with van der Waals surface area (Å²) in [6, 6.07) is 9.26. The number of hydrogen-bond donors (Lipinski definition) is 1. The zero-order chi connectivity index (χ0) is 13.9. The second-order valence-corrected chi connectivity index (χ2v) is 6.69. The minimum Gasteiger partial charge on any atom is -0.508 e. The van der Waals surface area contributed by atoms with Gasteiger partial charge < -0.3 is 5.11 Å². The van der Waals surface area contributed by atoms with Gasteiger partial charge in [0, 0.05) is 12.1 Å². The van der Waals surface area contributed by atoms with Crippen molar-refractivity contribution in [2.75, 3.05) is 6.54 Å². The van der Waals surface area contributed by atoms with Gasteiger partial charge in [0.05, 0.1) is 0 Å². The summed E-state index contributed by atoms with van der Waals surface area (Å²) in [4.78, 5) is 2.78. The van der Waals surface area contributed by atoms with Gasteiger partial charge in [0.15, 0.2) is 0 Å². The number of aromatic hydroxyl groups is 1. The van der Waals surface area contributed by atoms with Crippen molar-refractivity contribution in [2.24, 2.45) is 5.92 Å². The largest absolute Gasteiger partial charge is 0.508 e. The van der Waals surface area contributed by atoms with E-state index in [1.165, 1.54) is 50.6 Å². The number of likely N-dealkylation sites (tertiary alicyclic amines) is 1. The molecule has 3 atom stereocenters. The first-order valence-corrected chi connectivity index (χ1v) is 8.27. The standard InChI is InChI=1S/C18H27NO/c1-14(6-7-15-8-10-17(20)11-9-15)19-13-12-16-4-2-3-5-18(16)19/h8-11,14,16,18,20H,2-7,12-13H2,1H3. The Hall–Kier alpha value is -1.02. The van der Waals surface area contributed by atoms with Crippen LogP contribution in [-0.2, 0) is 6.42 Å². The van der Waals surface area contributed by atoms with Crippen LogP contribution in [0.15, 0.2) is 24.3 Å². The Kier molecular flexibility index (Phi) is 4.30. The van der Waals surface area contributed by atoms with Crippen LogP contribution in [0.25, 0.3) is 0 Å². The van der Waals surface area contributed by atoms with Crippen molar-refractivity contribution in [3.8, 4) is 5.75 Å². The van der Waals surface area contributed by atoms with Crippen LogP contribution in [0.3, 0.4) is 0 Å². The minimum atomic E-state index is 0.367. The van der Waals surface area contributed by atoms with Crippen LogP contribution in [-0.4, -0.2) is 28.6 Å². The zero-order valence-corrected chi connectivity index (χ0v) is 12.6. The van der Waals surface area contributed by atoms with Gasteiger partial charge in [-0.05, 0) is 69.2 Å². The van der Waals surface area contributed by atoms with E-state index in [1.807, 2.05) is 0 Å². The van der Waals surface area contributed by atoms with Crippen molar-refractivity contribution in [1.82, 2.24) is 4.90 Å². The summed E-state index contributed by atoms with van der Waals surface area (Å²) in [5, 5.41) is 9.33. The van der Waals surface area contributed by atoms with Crippen LogP contribution in [0.4, 0.5) is 0 Å². The first-order chi connectivity index (χ1) is 9.74. The topological polar surface area (TPSA) is 23.5 Å². The molecular formula is C18H27NO. The fourth-order valence-corrected chi connectivity index (χ4v) is 4.19. The molecule has 2 fully saturated rings. The molecule has 3 rings (SSSR count). The fraction of sp³-hybridized carbons (Fsp3) is 0.667. The van der Waals surface area contributed by atoms with Gasteiger partial charge in [-0.1, -0.05) is 25.0 Å². The molecule has 2 nitrogen and oxygen atoms in total. The number of aryl methyl sites for hydroxylation is 1. The van der Waals surface area contributed by atoms with Crippen molar-refractivity contribution in [3.63, 3.8) is 0 Å². The molecule has 1 aliphatic heterocycles. The lowest BCUT2D eigenvalue weighted by Crippen LogP contribution is -2.40. The van der Waals surface area contributed by atoms with E-state index in [0.717, 1.165) is 18.4 Å². The predicted molar refractivity (Wildman–Crippen MR) is 83.0 cm³/mol. The summed E-state index contributed by atoms with van der Waals surface area (Å²) < 4.78 is 0. The molecule has 0 aromatic heterocycles. The Morgan fingerprint density at radius 1 is 1.15 bits per heavy atom. The second-order valence-electron chi connectivity index (χ2n) is 6.69. The van der Waals surface area contributed by atoms with Gasteiger partial charge in [-0.2, -0.15) is 0 Å². The van der Waals surface area contributed by atoms with Gasteiger partial charge in [-0.3, -0.25) is 4.90 Å². The van der Waals surface area contributed by atoms with Crippen LogP contribution in [0, 0.1) is 5.92 Å². The molecular weight excluding hydrogens is 246 g/mol. The Balaban J connectivity index is 1.54. The van der Waals surface area contributed by atoms with Crippen molar-refractivity contribution < 1.29 is 5.11 Å². The van der Waals surface area contributed by atoms with Crippen molar-refractivity contribution in [1.29, 1.82) is 0 Å². The van der Waals surface area contributed by atoms with E-state index < -0.39 is 0 Å². The molecule has 2 heteroatoms. The van der Waals surface area contributed by atoms with E-state index in [0.29, 0.717) is 11.8 Å². The summed E-state index contributed by atoms with van der Waals surface area (Å²) >= 11 is 0. The molecule has 1 heterocycles. The fourth-order valence-electron chi connectivity index (χ4n) is 4.19. The molecule has 1 saturated heterocycles. The monoisotopic (exact) mass is 273 g/mol. The molecule has 1 aromatic carbocycles. The molecule has 1 aromatic rings. The normalized spacial score (nSPS) is 28.2. The lowest BCUT2D eigenvalue weighted by atomic mass is 9.85. The zero-order valence-electron chi connectivity index (χ0n) is 12.6. The van der Waals surface area contributed by atoms with E-state index in [4.69, 9.17) is 0 Å². The maximum atomic E-state index is 9.33. The lowest BCUT2D eigenvalue weighted by Gasteiger charge is -2.35.